The number of benzene rings is 2. The predicted molar refractivity (Wildman–Crippen MR) is 144 cm³/mol. The molecule has 0 spiro atoms. The molecular formula is C28H31N7O. The van der Waals surface area contributed by atoms with Crippen LogP contribution in [0.3, 0.4) is 0 Å². The maximum atomic E-state index is 12.3. The molecule has 1 aliphatic rings. The van der Waals surface area contributed by atoms with Crippen LogP contribution in [0.4, 0.5) is 11.6 Å². The zero-order valence-electron chi connectivity index (χ0n) is 20.6. The highest BCUT2D eigenvalue weighted by Crippen LogP contribution is 2.32. The Morgan fingerprint density at radius 3 is 2.42 bits per heavy atom. The number of nitrogens with one attached hydrogen (secondary N) is 1. The van der Waals surface area contributed by atoms with Gasteiger partial charge in [-0.3, -0.25) is 9.69 Å². The number of nitrogens with zero attached hydrogens (tertiary/aromatic N) is 5. The summed E-state index contributed by atoms with van der Waals surface area (Å²) < 4.78 is 1.47. The fourth-order valence-corrected chi connectivity index (χ4v) is 4.58. The Hall–Kier alpha value is -4.04. The number of rotatable bonds is 7. The topological polar surface area (TPSA) is 102 Å². The average molecular weight is 482 g/mol. The van der Waals surface area contributed by atoms with Crippen LogP contribution in [-0.2, 0) is 6.54 Å². The minimum absolute atomic E-state index is 0.0777. The van der Waals surface area contributed by atoms with E-state index in [2.05, 4.69) is 39.6 Å². The first-order valence-corrected chi connectivity index (χ1v) is 12.3. The largest absolute Gasteiger partial charge is 0.381 e. The molecule has 8 heteroatoms. The lowest BCUT2D eigenvalue weighted by molar-refractivity contribution is 0.328. The van der Waals surface area contributed by atoms with Crippen molar-refractivity contribution in [2.24, 2.45) is 0 Å². The van der Waals surface area contributed by atoms with E-state index in [1.54, 1.807) is 6.07 Å². The Kier molecular flexibility index (Phi) is 6.77. The molecule has 36 heavy (non-hydrogen) atoms. The summed E-state index contributed by atoms with van der Waals surface area (Å²) in [5, 5.41) is 8.14. The predicted octanol–water partition coefficient (Wildman–Crippen LogP) is 4.22. The number of nitrogen functional groups attached to an aromatic ring is 1. The summed E-state index contributed by atoms with van der Waals surface area (Å²) in [7, 11) is 0. The van der Waals surface area contributed by atoms with Gasteiger partial charge in [0, 0.05) is 37.3 Å². The molecule has 5 rings (SSSR count). The van der Waals surface area contributed by atoms with Crippen LogP contribution in [0, 0.1) is 0 Å². The first-order valence-electron chi connectivity index (χ1n) is 12.3. The second-order valence-electron chi connectivity index (χ2n) is 9.47. The number of aromatic nitrogens is 4. The summed E-state index contributed by atoms with van der Waals surface area (Å²) >= 11 is 0. The molecule has 1 aliphatic heterocycles. The van der Waals surface area contributed by atoms with Gasteiger partial charge in [-0.1, -0.05) is 60.7 Å². The van der Waals surface area contributed by atoms with Gasteiger partial charge in [0.15, 0.2) is 11.6 Å². The first-order chi connectivity index (χ1) is 17.5. The van der Waals surface area contributed by atoms with Crippen LogP contribution in [0.1, 0.15) is 31.9 Å². The lowest BCUT2D eigenvalue weighted by atomic mass is 10.1. The van der Waals surface area contributed by atoms with Gasteiger partial charge < -0.3 is 11.1 Å². The third-order valence-electron chi connectivity index (χ3n) is 6.39. The van der Waals surface area contributed by atoms with E-state index >= 15 is 0 Å². The van der Waals surface area contributed by atoms with Gasteiger partial charge in [0.25, 0.3) is 5.56 Å². The van der Waals surface area contributed by atoms with Crippen molar-refractivity contribution in [3.8, 4) is 22.6 Å². The van der Waals surface area contributed by atoms with E-state index < -0.39 is 0 Å². The van der Waals surface area contributed by atoms with Crippen molar-refractivity contribution >= 4 is 11.6 Å². The quantitative estimate of drug-likeness (QED) is 0.407. The van der Waals surface area contributed by atoms with Crippen LogP contribution in [0.15, 0.2) is 77.6 Å². The average Bonchev–Trinajstić information content (AvgIpc) is 3.33. The van der Waals surface area contributed by atoms with E-state index in [1.807, 2.05) is 50.2 Å². The third-order valence-corrected chi connectivity index (χ3v) is 6.39. The number of likely N-dealkylation sites (tertiary alicyclic amines) is 1. The monoisotopic (exact) mass is 481 g/mol. The van der Waals surface area contributed by atoms with Crippen LogP contribution in [0.2, 0.25) is 0 Å². The molecule has 0 aliphatic carbocycles. The fraction of sp³-hybridized carbons (Fsp3) is 0.286. The Morgan fingerprint density at radius 1 is 0.972 bits per heavy atom. The maximum Gasteiger partial charge on any atom is 0.267 e. The van der Waals surface area contributed by atoms with Gasteiger partial charge >= 0.3 is 0 Å². The van der Waals surface area contributed by atoms with Gasteiger partial charge in [0.2, 0.25) is 0 Å². The molecule has 1 atom stereocenters. The second-order valence-corrected chi connectivity index (χ2v) is 9.47. The van der Waals surface area contributed by atoms with Crippen molar-refractivity contribution in [3.05, 3.63) is 88.7 Å². The first kappa shape index (κ1) is 23.7. The molecule has 1 saturated heterocycles. The maximum absolute atomic E-state index is 12.3. The highest BCUT2D eigenvalue weighted by Gasteiger charge is 2.25. The van der Waals surface area contributed by atoms with Gasteiger partial charge in [0.05, 0.1) is 6.04 Å². The molecule has 2 aromatic carbocycles. The van der Waals surface area contributed by atoms with Gasteiger partial charge in [-0.15, -0.1) is 0 Å². The van der Waals surface area contributed by atoms with E-state index in [0.717, 1.165) is 31.6 Å². The van der Waals surface area contributed by atoms with Gasteiger partial charge in [-0.25, -0.2) is 14.6 Å². The Labute approximate surface area is 210 Å². The Balaban J connectivity index is 1.46. The number of nitrogens with two attached hydrogens (primary N) is 1. The lowest BCUT2D eigenvalue weighted by Crippen LogP contribution is -2.27. The van der Waals surface area contributed by atoms with Crippen molar-refractivity contribution in [1.82, 2.24) is 24.6 Å². The normalized spacial score (nSPS) is 15.9. The Bertz CT molecular complexity index is 1390. The second kappa shape index (κ2) is 10.3. The minimum Gasteiger partial charge on any atom is -0.381 e. The molecule has 0 saturated carbocycles. The molecule has 0 bridgehead atoms. The summed E-state index contributed by atoms with van der Waals surface area (Å²) in [6.07, 6.45) is 0.986. The highest BCUT2D eigenvalue weighted by molar-refractivity contribution is 5.79. The number of hydrogen-bond acceptors (Lipinski definition) is 7. The summed E-state index contributed by atoms with van der Waals surface area (Å²) in [4.78, 5) is 24.4. The zero-order chi connectivity index (χ0) is 25.1. The van der Waals surface area contributed by atoms with Gasteiger partial charge in [0.1, 0.15) is 17.1 Å². The summed E-state index contributed by atoms with van der Waals surface area (Å²) in [6.45, 7) is 6.66. The summed E-state index contributed by atoms with van der Waals surface area (Å²) in [5.41, 5.74) is 10.3. The van der Waals surface area contributed by atoms with Crippen molar-refractivity contribution < 1.29 is 0 Å². The van der Waals surface area contributed by atoms with Crippen molar-refractivity contribution in [1.29, 1.82) is 0 Å². The van der Waals surface area contributed by atoms with Crippen LogP contribution in [0.5, 0.6) is 0 Å². The molecule has 1 fully saturated rings. The SMILES string of the molecule is CC(C)n1nc(-c2nc(NC3CCN(Cc4ccccc4)C3)c(N)nc2-c2ccccc2)ccc1=O. The molecule has 4 aromatic rings. The highest BCUT2D eigenvalue weighted by atomic mass is 16.1. The fourth-order valence-electron chi connectivity index (χ4n) is 4.58. The lowest BCUT2D eigenvalue weighted by Gasteiger charge is -2.19. The summed E-state index contributed by atoms with van der Waals surface area (Å²) in [6, 6.07) is 23.6. The molecule has 3 heterocycles. The van der Waals surface area contributed by atoms with Crippen molar-refractivity contribution in [2.45, 2.75) is 38.9 Å². The molecule has 2 aromatic heterocycles. The smallest absolute Gasteiger partial charge is 0.267 e. The molecule has 0 amide bonds. The van der Waals surface area contributed by atoms with E-state index in [0.29, 0.717) is 28.7 Å². The molecule has 3 N–H and O–H groups in total. The molecular weight excluding hydrogens is 450 g/mol. The van der Waals surface area contributed by atoms with Crippen molar-refractivity contribution in [3.63, 3.8) is 0 Å². The number of anilines is 2. The van der Waals surface area contributed by atoms with Gasteiger partial charge in [-0.05, 0) is 31.9 Å². The van der Waals surface area contributed by atoms with Crippen LogP contribution in [0.25, 0.3) is 22.6 Å². The summed E-state index contributed by atoms with van der Waals surface area (Å²) in [5.74, 6) is 0.886. The molecule has 0 radical (unpaired) electrons. The molecule has 8 nitrogen and oxygen atoms in total. The third kappa shape index (κ3) is 5.13. The van der Waals surface area contributed by atoms with Crippen LogP contribution >= 0.6 is 0 Å². The zero-order valence-corrected chi connectivity index (χ0v) is 20.6. The van der Waals surface area contributed by atoms with E-state index in [4.69, 9.17) is 15.7 Å². The van der Waals surface area contributed by atoms with Gasteiger partial charge in [-0.2, -0.15) is 5.10 Å². The van der Waals surface area contributed by atoms with E-state index in [9.17, 15) is 4.79 Å². The van der Waals surface area contributed by atoms with Crippen LogP contribution < -0.4 is 16.6 Å². The van der Waals surface area contributed by atoms with E-state index in [1.165, 1.54) is 16.3 Å². The molecule has 1 unspecified atom stereocenters. The Morgan fingerprint density at radius 2 is 1.69 bits per heavy atom. The van der Waals surface area contributed by atoms with E-state index in [-0.39, 0.29) is 17.6 Å². The van der Waals surface area contributed by atoms with Crippen molar-refractivity contribution in [2.75, 3.05) is 24.1 Å². The minimum atomic E-state index is -0.152. The molecule has 184 valence electrons. The van der Waals surface area contributed by atoms with Crippen LogP contribution in [-0.4, -0.2) is 43.8 Å². The number of hydrogen-bond donors (Lipinski definition) is 2. The standard InChI is InChI=1S/C28H31N7O/c1-19(2)35-24(36)14-13-23(33-35)26-25(21-11-7-4-8-12-21)31-27(29)28(32-26)30-22-15-16-34(18-22)17-20-9-5-3-6-10-20/h3-14,19,22H,15-18H2,1-2H3,(H2,29,31)(H,30,32).